The van der Waals surface area contributed by atoms with Gasteiger partial charge >= 0.3 is 0 Å². The van der Waals surface area contributed by atoms with Gasteiger partial charge in [0.2, 0.25) is 0 Å². The van der Waals surface area contributed by atoms with E-state index < -0.39 is 0 Å². The van der Waals surface area contributed by atoms with Crippen molar-refractivity contribution in [1.29, 1.82) is 0 Å². The first-order valence-electron chi connectivity index (χ1n) is 5.11. The van der Waals surface area contributed by atoms with Crippen LogP contribution in [0.3, 0.4) is 0 Å². The molecule has 0 aliphatic heterocycles. The van der Waals surface area contributed by atoms with Crippen molar-refractivity contribution in [3.05, 3.63) is 23.0 Å². The van der Waals surface area contributed by atoms with Gasteiger partial charge in [-0.1, -0.05) is 0 Å². The van der Waals surface area contributed by atoms with Gasteiger partial charge in [0.25, 0.3) is 0 Å². The second kappa shape index (κ2) is 3.18. The Morgan fingerprint density at radius 2 is 2.15 bits per heavy atom. The Balaban J connectivity index is 2.32. The summed E-state index contributed by atoms with van der Waals surface area (Å²) in [6.45, 7) is 5.18. The molecule has 0 saturated heterocycles. The van der Waals surface area contributed by atoms with Crippen molar-refractivity contribution in [3.63, 3.8) is 0 Å². The van der Waals surface area contributed by atoms with E-state index in [0.717, 1.165) is 19.0 Å². The third kappa shape index (κ3) is 1.51. The van der Waals surface area contributed by atoms with Gasteiger partial charge in [0.1, 0.15) is 0 Å². The molecular formula is C11H18N2. The number of hydrogen-bond donors (Lipinski definition) is 1. The van der Waals surface area contributed by atoms with E-state index >= 15 is 0 Å². The molecule has 0 spiro atoms. The van der Waals surface area contributed by atoms with Crippen LogP contribution in [0.25, 0.3) is 0 Å². The van der Waals surface area contributed by atoms with E-state index in [1.807, 2.05) is 0 Å². The fourth-order valence-corrected chi connectivity index (χ4v) is 2.15. The quantitative estimate of drug-likeness (QED) is 0.753. The van der Waals surface area contributed by atoms with Crippen molar-refractivity contribution in [2.45, 2.75) is 39.2 Å². The summed E-state index contributed by atoms with van der Waals surface area (Å²) in [4.78, 5) is 0. The van der Waals surface area contributed by atoms with Crippen LogP contribution < -0.4 is 5.73 Å². The van der Waals surface area contributed by atoms with Gasteiger partial charge in [-0.25, -0.2) is 0 Å². The summed E-state index contributed by atoms with van der Waals surface area (Å²) in [6, 6.07) is 3.09. The third-order valence-electron chi connectivity index (χ3n) is 2.91. The van der Waals surface area contributed by atoms with Crippen LogP contribution in [0, 0.1) is 13.8 Å². The van der Waals surface area contributed by atoms with Crippen molar-refractivity contribution in [1.82, 2.24) is 4.57 Å². The van der Waals surface area contributed by atoms with Crippen molar-refractivity contribution < 1.29 is 0 Å². The molecule has 0 bridgehead atoms. The minimum atomic E-state index is 0.759. The summed E-state index contributed by atoms with van der Waals surface area (Å²) in [5, 5.41) is 0. The number of aryl methyl sites for hydroxylation is 1. The van der Waals surface area contributed by atoms with E-state index in [0.29, 0.717) is 0 Å². The highest BCUT2D eigenvalue weighted by molar-refractivity contribution is 5.28. The normalized spacial score (nSPS) is 16.5. The molecule has 1 aromatic heterocycles. The molecule has 13 heavy (non-hydrogen) atoms. The maximum atomic E-state index is 5.57. The lowest BCUT2D eigenvalue weighted by atomic mass is 10.2. The minimum Gasteiger partial charge on any atom is -0.346 e. The molecule has 1 heterocycles. The molecule has 1 saturated carbocycles. The monoisotopic (exact) mass is 178 g/mol. The van der Waals surface area contributed by atoms with Gasteiger partial charge < -0.3 is 10.3 Å². The molecule has 72 valence electrons. The molecule has 1 aliphatic rings. The number of rotatable bonds is 3. The first-order chi connectivity index (χ1) is 6.24. The summed E-state index contributed by atoms with van der Waals surface area (Å²) < 4.78 is 2.48. The summed E-state index contributed by atoms with van der Waals surface area (Å²) in [5.41, 5.74) is 9.85. The average Bonchev–Trinajstić information content (AvgIpc) is 2.84. The van der Waals surface area contributed by atoms with Crippen molar-refractivity contribution in [2.75, 3.05) is 6.54 Å². The topological polar surface area (TPSA) is 30.9 Å². The molecule has 1 aliphatic carbocycles. The molecule has 0 unspecified atom stereocenters. The van der Waals surface area contributed by atoms with Gasteiger partial charge in [0.05, 0.1) is 0 Å². The summed E-state index contributed by atoms with van der Waals surface area (Å²) in [6.07, 6.45) is 3.74. The highest BCUT2D eigenvalue weighted by Gasteiger charge is 2.26. The Morgan fingerprint density at radius 1 is 1.46 bits per heavy atom. The molecule has 1 aromatic rings. The summed E-state index contributed by atoms with van der Waals surface area (Å²) in [7, 11) is 0. The van der Waals surface area contributed by atoms with E-state index in [4.69, 9.17) is 5.73 Å². The predicted molar refractivity (Wildman–Crippen MR) is 54.9 cm³/mol. The molecule has 2 rings (SSSR count). The van der Waals surface area contributed by atoms with E-state index in [9.17, 15) is 0 Å². The van der Waals surface area contributed by atoms with Gasteiger partial charge in [0, 0.05) is 17.4 Å². The fraction of sp³-hybridized carbons (Fsp3) is 0.636. The Bertz CT molecular complexity index is 308. The molecule has 0 aromatic carbocycles. The van der Waals surface area contributed by atoms with Gasteiger partial charge in [-0.3, -0.25) is 0 Å². The van der Waals surface area contributed by atoms with Gasteiger partial charge in [-0.2, -0.15) is 0 Å². The maximum absolute atomic E-state index is 5.57. The van der Waals surface area contributed by atoms with Crippen LogP contribution in [0.2, 0.25) is 0 Å². The molecular weight excluding hydrogens is 160 g/mol. The van der Waals surface area contributed by atoms with E-state index in [2.05, 4.69) is 24.5 Å². The first-order valence-corrected chi connectivity index (χ1v) is 5.11. The number of nitrogens with zero attached hydrogens (tertiary/aromatic N) is 1. The van der Waals surface area contributed by atoms with Crippen LogP contribution in [0.1, 0.15) is 35.8 Å². The fourth-order valence-electron chi connectivity index (χ4n) is 2.15. The van der Waals surface area contributed by atoms with Gasteiger partial charge in [-0.05, 0) is 51.3 Å². The predicted octanol–water partition coefficient (Wildman–Crippen LogP) is 1.94. The molecule has 0 amide bonds. The largest absolute Gasteiger partial charge is 0.346 e. The Kier molecular flexibility index (Phi) is 2.16. The molecule has 1 fully saturated rings. The Hall–Kier alpha value is -0.760. The van der Waals surface area contributed by atoms with Crippen molar-refractivity contribution in [3.8, 4) is 0 Å². The van der Waals surface area contributed by atoms with Crippen molar-refractivity contribution >= 4 is 0 Å². The van der Waals surface area contributed by atoms with Crippen molar-refractivity contribution in [2.24, 2.45) is 5.73 Å². The van der Waals surface area contributed by atoms with Gasteiger partial charge in [0.15, 0.2) is 0 Å². The smallest absolute Gasteiger partial charge is 0.0337 e. The average molecular weight is 178 g/mol. The van der Waals surface area contributed by atoms with Crippen LogP contribution in [0.15, 0.2) is 6.07 Å². The SMILES string of the molecule is Cc1cc(CCN)c(C)n1C1CC1. The molecule has 2 heteroatoms. The molecule has 0 atom stereocenters. The maximum Gasteiger partial charge on any atom is 0.0337 e. The van der Waals surface area contributed by atoms with Crippen LogP contribution in [-0.4, -0.2) is 11.1 Å². The standard InChI is InChI=1S/C11H18N2/c1-8-7-10(5-6-12)9(2)13(8)11-3-4-11/h7,11H,3-6,12H2,1-2H3. The zero-order valence-electron chi connectivity index (χ0n) is 8.51. The van der Waals surface area contributed by atoms with E-state index in [1.165, 1.54) is 29.8 Å². The summed E-state index contributed by atoms with van der Waals surface area (Å²) in [5.74, 6) is 0. The lowest BCUT2D eigenvalue weighted by Crippen LogP contribution is -2.04. The molecule has 2 nitrogen and oxygen atoms in total. The second-order valence-corrected chi connectivity index (χ2v) is 4.04. The van der Waals surface area contributed by atoms with E-state index in [-0.39, 0.29) is 0 Å². The number of nitrogens with two attached hydrogens (primary N) is 1. The zero-order valence-corrected chi connectivity index (χ0v) is 8.51. The van der Waals surface area contributed by atoms with Crippen LogP contribution >= 0.6 is 0 Å². The molecule has 2 N–H and O–H groups in total. The highest BCUT2D eigenvalue weighted by atomic mass is 15.1. The Morgan fingerprint density at radius 3 is 2.69 bits per heavy atom. The Labute approximate surface area is 79.7 Å². The minimum absolute atomic E-state index is 0.759. The zero-order chi connectivity index (χ0) is 9.42. The van der Waals surface area contributed by atoms with E-state index in [1.54, 1.807) is 0 Å². The number of aromatic nitrogens is 1. The second-order valence-electron chi connectivity index (χ2n) is 4.04. The lowest BCUT2D eigenvalue weighted by Gasteiger charge is -2.07. The first kappa shape index (κ1) is 8.82. The molecule has 0 radical (unpaired) electrons. The highest BCUT2D eigenvalue weighted by Crippen LogP contribution is 2.38. The van der Waals surface area contributed by atoms with Gasteiger partial charge in [-0.15, -0.1) is 0 Å². The number of hydrogen-bond acceptors (Lipinski definition) is 1. The van der Waals surface area contributed by atoms with Crippen LogP contribution in [-0.2, 0) is 6.42 Å². The summed E-state index contributed by atoms with van der Waals surface area (Å²) >= 11 is 0. The van der Waals surface area contributed by atoms with Crippen LogP contribution in [0.4, 0.5) is 0 Å². The third-order valence-corrected chi connectivity index (χ3v) is 2.91. The van der Waals surface area contributed by atoms with Crippen LogP contribution in [0.5, 0.6) is 0 Å². The lowest BCUT2D eigenvalue weighted by molar-refractivity contribution is 0.695.